The first kappa shape index (κ1) is 36.7. The highest BCUT2D eigenvalue weighted by Crippen LogP contribution is 2.24. The van der Waals surface area contributed by atoms with Gasteiger partial charge in [-0.3, -0.25) is 0 Å². The van der Waals surface area contributed by atoms with Crippen molar-refractivity contribution >= 4 is 5.97 Å². The zero-order chi connectivity index (χ0) is 32.5. The van der Waals surface area contributed by atoms with E-state index in [1.807, 2.05) is 50.2 Å². The Hall–Kier alpha value is -3.51. The lowest BCUT2D eigenvalue weighted by Gasteiger charge is -2.15. The summed E-state index contributed by atoms with van der Waals surface area (Å²) < 4.78 is 21.4. The van der Waals surface area contributed by atoms with Crippen LogP contribution >= 0.6 is 0 Å². The highest BCUT2D eigenvalue weighted by molar-refractivity contribution is 5.76. The van der Waals surface area contributed by atoms with E-state index in [4.69, 9.17) is 24.1 Å². The Morgan fingerprint density at radius 1 is 0.705 bits per heavy atom. The van der Waals surface area contributed by atoms with E-state index in [0.717, 1.165) is 30.8 Å². The first-order valence-electron chi connectivity index (χ1n) is 16.2. The van der Waals surface area contributed by atoms with Crippen LogP contribution in [0.3, 0.4) is 0 Å². The van der Waals surface area contributed by atoms with E-state index in [1.165, 1.54) is 16.7 Å². The van der Waals surface area contributed by atoms with Crippen LogP contribution in [-0.2, 0) is 14.3 Å². The Labute approximate surface area is 265 Å². The number of hydrogen-bond acceptors (Lipinski definition) is 6. The summed E-state index contributed by atoms with van der Waals surface area (Å²) in [5, 5.41) is 9.01. The topological polar surface area (TPSA) is 74.2 Å². The third kappa shape index (κ3) is 12.6. The SMILES string of the molecule is CCC(C)c1ccc(O)cc1.CCC(C)c1ccc(OC2CCOC2=O)cc1.CCOC(C)Oc1ccc(C(C)CC)cc1. The molecule has 0 bridgehead atoms. The van der Waals surface area contributed by atoms with Crippen LogP contribution in [0.25, 0.3) is 0 Å². The molecule has 6 nitrogen and oxygen atoms in total. The molecule has 1 heterocycles. The van der Waals surface area contributed by atoms with Crippen molar-refractivity contribution in [1.29, 1.82) is 0 Å². The molecule has 0 saturated carbocycles. The van der Waals surface area contributed by atoms with Gasteiger partial charge in [0.2, 0.25) is 0 Å². The summed E-state index contributed by atoms with van der Waals surface area (Å²) in [6.07, 6.45) is 3.46. The molecule has 0 aliphatic carbocycles. The van der Waals surface area contributed by atoms with Crippen molar-refractivity contribution in [2.75, 3.05) is 13.2 Å². The quantitative estimate of drug-likeness (QED) is 0.163. The minimum Gasteiger partial charge on any atom is -0.508 e. The molecule has 3 aromatic carbocycles. The summed E-state index contributed by atoms with van der Waals surface area (Å²) in [6, 6.07) is 23.7. The number of carbonyl (C=O) groups excluding carboxylic acids is 1. The highest BCUT2D eigenvalue weighted by Gasteiger charge is 2.28. The van der Waals surface area contributed by atoms with Crippen LogP contribution in [0.2, 0.25) is 0 Å². The van der Waals surface area contributed by atoms with Gasteiger partial charge in [0.05, 0.1) is 6.61 Å². The molecule has 6 heteroatoms. The Morgan fingerprint density at radius 3 is 1.52 bits per heavy atom. The summed E-state index contributed by atoms with van der Waals surface area (Å²) in [5.41, 5.74) is 3.96. The molecule has 4 rings (SSSR count). The Morgan fingerprint density at radius 2 is 1.14 bits per heavy atom. The number of aromatic hydroxyl groups is 1. The molecule has 44 heavy (non-hydrogen) atoms. The standard InChI is InChI=1S/C14H18O3.C14H22O2.C10H14O/c1-3-10(2)11-4-6-12(7-5-11)17-13-8-9-16-14(13)15;1-5-11(3)13-7-9-14(10-8-13)16-12(4)15-6-2;1-3-8(2)9-4-6-10(11)7-5-9/h4-7,10,13H,3,8-9H2,1-2H3;7-12H,5-6H2,1-4H3;4-8,11H,3H2,1-2H3. The van der Waals surface area contributed by atoms with Crippen molar-refractivity contribution in [3.63, 3.8) is 0 Å². The summed E-state index contributed by atoms with van der Waals surface area (Å²) in [5.74, 6) is 3.46. The van der Waals surface area contributed by atoms with Crippen molar-refractivity contribution in [3.8, 4) is 17.2 Å². The van der Waals surface area contributed by atoms with Crippen LogP contribution in [0.4, 0.5) is 0 Å². The van der Waals surface area contributed by atoms with E-state index in [0.29, 0.717) is 43.1 Å². The highest BCUT2D eigenvalue weighted by atomic mass is 16.7. The van der Waals surface area contributed by atoms with Gasteiger partial charge in [0.15, 0.2) is 12.4 Å². The lowest BCUT2D eigenvalue weighted by atomic mass is 9.99. The van der Waals surface area contributed by atoms with Gasteiger partial charge in [-0.15, -0.1) is 0 Å². The van der Waals surface area contributed by atoms with Crippen LogP contribution in [0.1, 0.15) is 116 Å². The molecule has 1 fully saturated rings. The van der Waals surface area contributed by atoms with Gasteiger partial charge in [-0.25, -0.2) is 4.79 Å². The average molecular weight is 607 g/mol. The number of carbonyl (C=O) groups is 1. The van der Waals surface area contributed by atoms with E-state index in [-0.39, 0.29) is 12.3 Å². The fourth-order valence-electron chi connectivity index (χ4n) is 4.47. The van der Waals surface area contributed by atoms with Gasteiger partial charge in [-0.05, 0) is 104 Å². The van der Waals surface area contributed by atoms with Gasteiger partial charge in [0, 0.05) is 13.0 Å². The maximum atomic E-state index is 11.3. The second-order valence-electron chi connectivity index (χ2n) is 11.4. The second kappa shape index (κ2) is 19.7. The zero-order valence-corrected chi connectivity index (χ0v) is 28.0. The van der Waals surface area contributed by atoms with Crippen molar-refractivity contribution in [1.82, 2.24) is 0 Å². The summed E-state index contributed by atoms with van der Waals surface area (Å²) >= 11 is 0. The molecule has 0 radical (unpaired) electrons. The molecule has 1 aliphatic heterocycles. The molecular formula is C38H54O6. The van der Waals surface area contributed by atoms with Crippen molar-refractivity contribution < 1.29 is 28.8 Å². The van der Waals surface area contributed by atoms with E-state index >= 15 is 0 Å². The van der Waals surface area contributed by atoms with E-state index < -0.39 is 6.10 Å². The number of esters is 1. The molecule has 1 N–H and O–H groups in total. The third-order valence-corrected chi connectivity index (χ3v) is 8.07. The smallest absolute Gasteiger partial charge is 0.347 e. The molecule has 0 spiro atoms. The van der Waals surface area contributed by atoms with Crippen LogP contribution in [0, 0.1) is 0 Å². The van der Waals surface area contributed by atoms with Crippen molar-refractivity contribution in [2.45, 2.75) is 111 Å². The molecular weight excluding hydrogens is 552 g/mol. The number of hydrogen-bond donors (Lipinski definition) is 1. The predicted molar refractivity (Wildman–Crippen MR) is 179 cm³/mol. The maximum absolute atomic E-state index is 11.3. The molecule has 242 valence electrons. The number of phenols is 1. The Balaban J connectivity index is 0.000000236. The molecule has 3 aromatic rings. The zero-order valence-electron chi connectivity index (χ0n) is 28.0. The largest absolute Gasteiger partial charge is 0.508 e. The summed E-state index contributed by atoms with van der Waals surface area (Å²) in [6.45, 7) is 18.2. The lowest BCUT2D eigenvalue weighted by Crippen LogP contribution is -2.21. The fraction of sp³-hybridized carbons (Fsp3) is 0.500. The van der Waals surface area contributed by atoms with E-state index in [9.17, 15) is 4.79 Å². The Bertz CT molecular complexity index is 1190. The molecule has 1 saturated heterocycles. The van der Waals surface area contributed by atoms with Gasteiger partial charge >= 0.3 is 5.97 Å². The number of benzene rings is 3. The second-order valence-corrected chi connectivity index (χ2v) is 11.4. The van der Waals surface area contributed by atoms with Crippen LogP contribution in [0.15, 0.2) is 72.8 Å². The van der Waals surface area contributed by atoms with Crippen LogP contribution in [0.5, 0.6) is 17.2 Å². The number of ether oxygens (including phenoxy) is 4. The maximum Gasteiger partial charge on any atom is 0.347 e. The molecule has 5 unspecified atom stereocenters. The van der Waals surface area contributed by atoms with Gasteiger partial charge < -0.3 is 24.1 Å². The summed E-state index contributed by atoms with van der Waals surface area (Å²) in [4.78, 5) is 11.3. The van der Waals surface area contributed by atoms with Crippen molar-refractivity contribution in [2.24, 2.45) is 0 Å². The Kier molecular flexibility index (Phi) is 16.4. The predicted octanol–water partition coefficient (Wildman–Crippen LogP) is 9.76. The minimum absolute atomic E-state index is 0.181. The van der Waals surface area contributed by atoms with E-state index in [2.05, 4.69) is 65.8 Å². The average Bonchev–Trinajstić information content (AvgIpc) is 3.45. The summed E-state index contributed by atoms with van der Waals surface area (Å²) in [7, 11) is 0. The van der Waals surface area contributed by atoms with E-state index in [1.54, 1.807) is 12.1 Å². The first-order valence-corrected chi connectivity index (χ1v) is 16.2. The normalized spacial score (nSPS) is 16.6. The molecule has 0 amide bonds. The third-order valence-electron chi connectivity index (χ3n) is 8.07. The van der Waals surface area contributed by atoms with Crippen molar-refractivity contribution in [3.05, 3.63) is 89.5 Å². The van der Waals surface area contributed by atoms with Gasteiger partial charge in [0.25, 0.3) is 0 Å². The minimum atomic E-state index is -0.426. The van der Waals surface area contributed by atoms with Crippen LogP contribution < -0.4 is 9.47 Å². The lowest BCUT2D eigenvalue weighted by molar-refractivity contribution is -0.143. The monoisotopic (exact) mass is 606 g/mol. The molecule has 5 atom stereocenters. The number of phenolic OH excluding ortho intramolecular Hbond substituents is 1. The number of cyclic esters (lactones) is 1. The van der Waals surface area contributed by atoms with Gasteiger partial charge in [-0.1, -0.05) is 77.9 Å². The molecule has 0 aromatic heterocycles. The number of rotatable bonds is 12. The fourth-order valence-corrected chi connectivity index (χ4v) is 4.47. The van der Waals surface area contributed by atoms with Gasteiger partial charge in [-0.2, -0.15) is 0 Å². The van der Waals surface area contributed by atoms with Crippen LogP contribution in [-0.4, -0.2) is 36.7 Å². The first-order chi connectivity index (χ1) is 21.1. The van der Waals surface area contributed by atoms with Gasteiger partial charge in [0.1, 0.15) is 17.2 Å². The molecule has 1 aliphatic rings.